The fourth-order valence-electron chi connectivity index (χ4n) is 2.91. The molecule has 2 rings (SSSR count). The van der Waals surface area contributed by atoms with Gasteiger partial charge in [-0.05, 0) is 25.2 Å². The summed E-state index contributed by atoms with van der Waals surface area (Å²) < 4.78 is 0. The zero-order valence-corrected chi connectivity index (χ0v) is 12.9. The summed E-state index contributed by atoms with van der Waals surface area (Å²) in [7, 11) is 0. The first-order valence-electron chi connectivity index (χ1n) is 7.43. The Morgan fingerprint density at radius 2 is 2.05 bits per heavy atom. The van der Waals surface area contributed by atoms with Crippen molar-refractivity contribution in [2.75, 3.05) is 31.1 Å². The minimum Gasteiger partial charge on any atom is -0.481 e. The van der Waals surface area contributed by atoms with Crippen LogP contribution in [0.3, 0.4) is 0 Å². The molecule has 20 heavy (non-hydrogen) atoms. The molecule has 0 bridgehead atoms. The zero-order chi connectivity index (χ0) is 14.5. The Kier molecular flexibility index (Phi) is 5.57. The van der Waals surface area contributed by atoms with Gasteiger partial charge in [-0.2, -0.15) is 11.8 Å². The van der Waals surface area contributed by atoms with Crippen molar-refractivity contribution in [1.29, 1.82) is 0 Å². The van der Waals surface area contributed by atoms with E-state index in [1.807, 2.05) is 4.90 Å². The van der Waals surface area contributed by atoms with Crippen molar-refractivity contribution >= 4 is 23.8 Å². The second-order valence-corrected chi connectivity index (χ2v) is 6.98. The molecule has 114 valence electrons. The van der Waals surface area contributed by atoms with Crippen LogP contribution < -0.4 is 0 Å². The summed E-state index contributed by atoms with van der Waals surface area (Å²) >= 11 is 1.74. The Bertz CT molecular complexity index is 364. The molecule has 2 unspecified atom stereocenters. The number of amides is 2. The second-order valence-electron chi connectivity index (χ2n) is 5.83. The van der Waals surface area contributed by atoms with Crippen LogP contribution in [0.15, 0.2) is 0 Å². The predicted molar refractivity (Wildman–Crippen MR) is 80.1 cm³/mol. The molecule has 0 aromatic heterocycles. The van der Waals surface area contributed by atoms with Gasteiger partial charge in [0, 0.05) is 31.1 Å². The van der Waals surface area contributed by atoms with E-state index in [0.717, 1.165) is 37.4 Å². The molecule has 5 nitrogen and oxygen atoms in total. The first kappa shape index (κ1) is 15.5. The summed E-state index contributed by atoms with van der Waals surface area (Å²) in [5, 5.41) is 8.99. The number of aliphatic carboxylic acids is 1. The van der Waals surface area contributed by atoms with E-state index in [1.54, 1.807) is 16.7 Å². The Labute approximate surface area is 124 Å². The summed E-state index contributed by atoms with van der Waals surface area (Å²) in [4.78, 5) is 27.3. The number of carboxylic acid groups (broad SMARTS) is 1. The zero-order valence-electron chi connectivity index (χ0n) is 12.1. The van der Waals surface area contributed by atoms with Crippen LogP contribution in [-0.2, 0) is 4.79 Å². The highest BCUT2D eigenvalue weighted by Gasteiger charge is 2.32. The Morgan fingerprint density at radius 1 is 1.25 bits per heavy atom. The van der Waals surface area contributed by atoms with Crippen molar-refractivity contribution in [1.82, 2.24) is 9.80 Å². The molecule has 2 saturated heterocycles. The van der Waals surface area contributed by atoms with Crippen molar-refractivity contribution in [3.63, 3.8) is 0 Å². The van der Waals surface area contributed by atoms with Crippen LogP contribution in [0, 0.1) is 5.92 Å². The van der Waals surface area contributed by atoms with Crippen LogP contribution in [0.5, 0.6) is 0 Å². The number of rotatable bonds is 2. The number of thioether (sulfide) groups is 1. The Balaban J connectivity index is 1.99. The van der Waals surface area contributed by atoms with Crippen molar-refractivity contribution < 1.29 is 14.7 Å². The van der Waals surface area contributed by atoms with Crippen molar-refractivity contribution in [2.24, 2.45) is 5.92 Å². The number of carbonyl (C=O) groups is 2. The van der Waals surface area contributed by atoms with Crippen LogP contribution in [0.25, 0.3) is 0 Å². The molecular weight excluding hydrogens is 276 g/mol. The van der Waals surface area contributed by atoms with Crippen LogP contribution in [-0.4, -0.2) is 64.1 Å². The average molecular weight is 300 g/mol. The maximum atomic E-state index is 12.7. The summed E-state index contributed by atoms with van der Waals surface area (Å²) in [5.74, 6) is 1.51. The van der Waals surface area contributed by atoms with E-state index in [0.29, 0.717) is 12.5 Å². The number of likely N-dealkylation sites (tertiary alicyclic amines) is 1. The fraction of sp³-hybridized carbons (Fsp3) is 0.857. The Hall–Kier alpha value is -0.910. The molecular formula is C14H24N2O3S. The van der Waals surface area contributed by atoms with E-state index in [9.17, 15) is 9.59 Å². The van der Waals surface area contributed by atoms with Gasteiger partial charge >= 0.3 is 12.0 Å². The van der Waals surface area contributed by atoms with E-state index in [4.69, 9.17) is 5.11 Å². The van der Waals surface area contributed by atoms with E-state index in [-0.39, 0.29) is 18.5 Å². The maximum Gasteiger partial charge on any atom is 0.320 e. The number of nitrogens with zero attached hydrogens (tertiary/aromatic N) is 2. The molecule has 0 spiro atoms. The molecule has 0 aromatic carbocycles. The predicted octanol–water partition coefficient (Wildman–Crippen LogP) is 2.12. The normalized spacial score (nSPS) is 28.1. The molecule has 2 amide bonds. The largest absolute Gasteiger partial charge is 0.481 e. The number of hydrogen-bond donors (Lipinski definition) is 1. The van der Waals surface area contributed by atoms with Gasteiger partial charge < -0.3 is 14.9 Å². The van der Waals surface area contributed by atoms with Crippen molar-refractivity contribution in [2.45, 2.75) is 38.6 Å². The number of carbonyl (C=O) groups excluding carboxylic acids is 1. The van der Waals surface area contributed by atoms with Crippen LogP contribution in [0.4, 0.5) is 4.79 Å². The number of urea groups is 1. The van der Waals surface area contributed by atoms with Crippen molar-refractivity contribution in [3.8, 4) is 0 Å². The van der Waals surface area contributed by atoms with Crippen LogP contribution in [0.1, 0.15) is 32.6 Å². The van der Waals surface area contributed by atoms with Gasteiger partial charge in [0.25, 0.3) is 0 Å². The molecule has 0 aromatic rings. The minimum atomic E-state index is -0.820. The molecule has 2 heterocycles. The van der Waals surface area contributed by atoms with Crippen molar-refractivity contribution in [3.05, 3.63) is 0 Å². The maximum absolute atomic E-state index is 12.7. The topological polar surface area (TPSA) is 60.9 Å². The molecule has 2 fully saturated rings. The lowest BCUT2D eigenvalue weighted by Crippen LogP contribution is -2.52. The summed E-state index contributed by atoms with van der Waals surface area (Å²) in [6.45, 7) is 4.53. The summed E-state index contributed by atoms with van der Waals surface area (Å²) in [6.07, 6.45) is 3.35. The molecule has 2 atom stereocenters. The Morgan fingerprint density at radius 3 is 2.80 bits per heavy atom. The standard InChI is InChI=1S/C14H24N2O3S/c1-11-3-2-5-15(6-4-11)14(19)16-7-8-20-10-12(16)9-13(17)18/h11-12H,2-10H2,1H3,(H,17,18). The first-order chi connectivity index (χ1) is 9.58. The van der Waals surface area contributed by atoms with Gasteiger partial charge in [0.2, 0.25) is 0 Å². The van der Waals surface area contributed by atoms with Gasteiger partial charge in [0.05, 0.1) is 12.5 Å². The van der Waals surface area contributed by atoms with Gasteiger partial charge in [-0.25, -0.2) is 4.79 Å². The third-order valence-corrected chi connectivity index (χ3v) is 5.26. The number of carboxylic acids is 1. The van der Waals surface area contributed by atoms with Crippen LogP contribution >= 0.6 is 11.8 Å². The second kappa shape index (κ2) is 7.20. The summed E-state index contributed by atoms with van der Waals surface area (Å²) in [6, 6.07) is -0.106. The molecule has 1 N–H and O–H groups in total. The molecule has 0 aliphatic carbocycles. The third kappa shape index (κ3) is 4.04. The molecule has 6 heteroatoms. The van der Waals surface area contributed by atoms with Gasteiger partial charge in [-0.3, -0.25) is 4.79 Å². The van der Waals surface area contributed by atoms with E-state index >= 15 is 0 Å². The molecule has 0 radical (unpaired) electrons. The number of hydrogen-bond acceptors (Lipinski definition) is 3. The lowest BCUT2D eigenvalue weighted by Gasteiger charge is -2.38. The quantitative estimate of drug-likeness (QED) is 0.848. The van der Waals surface area contributed by atoms with Gasteiger partial charge in [0.1, 0.15) is 0 Å². The van der Waals surface area contributed by atoms with Gasteiger partial charge in [0.15, 0.2) is 0 Å². The smallest absolute Gasteiger partial charge is 0.320 e. The SMILES string of the molecule is CC1CCCN(C(=O)N2CCSCC2CC(=O)O)CC1. The highest BCUT2D eigenvalue weighted by molar-refractivity contribution is 7.99. The van der Waals surface area contributed by atoms with E-state index in [1.165, 1.54) is 6.42 Å². The summed E-state index contributed by atoms with van der Waals surface area (Å²) in [5.41, 5.74) is 0. The highest BCUT2D eigenvalue weighted by atomic mass is 32.2. The lowest BCUT2D eigenvalue weighted by atomic mass is 10.0. The lowest BCUT2D eigenvalue weighted by molar-refractivity contribution is -0.138. The highest BCUT2D eigenvalue weighted by Crippen LogP contribution is 2.23. The van der Waals surface area contributed by atoms with Crippen LogP contribution in [0.2, 0.25) is 0 Å². The average Bonchev–Trinajstić information content (AvgIpc) is 2.63. The molecule has 0 saturated carbocycles. The molecule has 2 aliphatic heterocycles. The first-order valence-corrected chi connectivity index (χ1v) is 8.58. The van der Waals surface area contributed by atoms with E-state index in [2.05, 4.69) is 6.92 Å². The third-order valence-electron chi connectivity index (χ3n) is 4.17. The van der Waals surface area contributed by atoms with E-state index < -0.39 is 5.97 Å². The molecule has 2 aliphatic rings. The fourth-order valence-corrected chi connectivity index (χ4v) is 3.98. The van der Waals surface area contributed by atoms with Gasteiger partial charge in [-0.1, -0.05) is 6.92 Å². The minimum absolute atomic E-state index is 0.0469. The van der Waals surface area contributed by atoms with Gasteiger partial charge in [-0.15, -0.1) is 0 Å². The monoisotopic (exact) mass is 300 g/mol.